The van der Waals surface area contributed by atoms with E-state index in [0.717, 1.165) is 28.5 Å². The Kier molecular flexibility index (Phi) is 4.81. The lowest BCUT2D eigenvalue weighted by molar-refractivity contribution is 0.340. The summed E-state index contributed by atoms with van der Waals surface area (Å²) in [6, 6.07) is 18.2. The van der Waals surface area contributed by atoms with Gasteiger partial charge >= 0.3 is 0 Å². The summed E-state index contributed by atoms with van der Waals surface area (Å²) in [5.74, 6) is 0.855. The van der Waals surface area contributed by atoms with Crippen molar-refractivity contribution in [3.8, 4) is 5.75 Å². The summed E-state index contributed by atoms with van der Waals surface area (Å²) in [6.07, 6.45) is 1.82. The van der Waals surface area contributed by atoms with Gasteiger partial charge in [0.25, 0.3) is 0 Å². The zero-order chi connectivity index (χ0) is 18.8. The fourth-order valence-corrected chi connectivity index (χ4v) is 3.86. The van der Waals surface area contributed by atoms with Crippen LogP contribution in [0.5, 0.6) is 5.75 Å². The molecule has 2 aromatic heterocycles. The van der Waals surface area contributed by atoms with Crippen molar-refractivity contribution < 1.29 is 4.74 Å². The van der Waals surface area contributed by atoms with Crippen LogP contribution in [0.15, 0.2) is 60.8 Å². The first-order valence-electron chi connectivity index (χ1n) is 9.06. The number of hydrogen-bond acceptors (Lipinski definition) is 3. The number of hydrogen-bond donors (Lipinski definition) is 2. The molecule has 1 aliphatic heterocycles. The van der Waals surface area contributed by atoms with E-state index in [1.807, 2.05) is 55.6 Å². The molecular weight excluding hydrogens is 356 g/mol. The number of aryl methyl sites for hydroxylation is 1. The van der Waals surface area contributed by atoms with Gasteiger partial charge in [-0.3, -0.25) is 4.98 Å². The van der Waals surface area contributed by atoms with Gasteiger partial charge in [0.05, 0.1) is 18.3 Å². The van der Waals surface area contributed by atoms with Gasteiger partial charge in [-0.05, 0) is 74.6 Å². The maximum absolute atomic E-state index is 5.71. The number of nitrogens with one attached hydrogen (secondary N) is 2. The molecule has 0 unspecified atom stereocenters. The molecule has 27 heavy (non-hydrogen) atoms. The summed E-state index contributed by atoms with van der Waals surface area (Å²) in [6.45, 7) is 4.69. The molecule has 1 aromatic carbocycles. The molecule has 138 valence electrons. The summed E-state index contributed by atoms with van der Waals surface area (Å²) in [5, 5.41) is 4.15. The lowest BCUT2D eigenvalue weighted by atomic mass is 10.0. The Morgan fingerprint density at radius 3 is 2.56 bits per heavy atom. The highest BCUT2D eigenvalue weighted by molar-refractivity contribution is 7.80. The van der Waals surface area contributed by atoms with Gasteiger partial charge in [0.15, 0.2) is 5.11 Å². The highest BCUT2D eigenvalue weighted by atomic mass is 32.1. The molecule has 3 heterocycles. The minimum absolute atomic E-state index is 0.0148. The summed E-state index contributed by atoms with van der Waals surface area (Å²) in [7, 11) is 0. The number of aromatic nitrogens is 2. The number of anilines is 1. The normalized spacial score (nSPS) is 19.2. The first-order valence-corrected chi connectivity index (χ1v) is 9.47. The van der Waals surface area contributed by atoms with Gasteiger partial charge in [0.1, 0.15) is 11.8 Å². The second kappa shape index (κ2) is 7.40. The van der Waals surface area contributed by atoms with Crippen LogP contribution in [0.1, 0.15) is 36.1 Å². The molecule has 1 fully saturated rings. The van der Waals surface area contributed by atoms with Crippen molar-refractivity contribution in [3.63, 3.8) is 0 Å². The molecule has 0 aliphatic carbocycles. The van der Waals surface area contributed by atoms with Crippen molar-refractivity contribution >= 4 is 23.0 Å². The van der Waals surface area contributed by atoms with Crippen LogP contribution in [0, 0.1) is 6.92 Å². The number of nitrogens with zero attached hydrogens (tertiary/aromatic N) is 2. The third-order valence-electron chi connectivity index (χ3n) is 4.70. The molecule has 1 aliphatic rings. The van der Waals surface area contributed by atoms with Gasteiger partial charge in [-0.2, -0.15) is 0 Å². The quantitative estimate of drug-likeness (QED) is 0.649. The molecule has 3 aromatic rings. The lowest BCUT2D eigenvalue weighted by Crippen LogP contribution is -2.29. The van der Waals surface area contributed by atoms with E-state index in [1.165, 1.54) is 0 Å². The number of aromatic amines is 1. The van der Waals surface area contributed by atoms with E-state index in [9.17, 15) is 0 Å². The van der Waals surface area contributed by atoms with Crippen molar-refractivity contribution in [2.75, 3.05) is 11.5 Å². The smallest absolute Gasteiger partial charge is 0.174 e. The molecular formula is C21H22N4OS. The second-order valence-electron chi connectivity index (χ2n) is 6.52. The molecule has 0 bridgehead atoms. The number of thiocarbonyl (C=S) groups is 1. The van der Waals surface area contributed by atoms with Gasteiger partial charge in [0, 0.05) is 23.3 Å². The first kappa shape index (κ1) is 17.5. The molecule has 0 spiro atoms. The van der Waals surface area contributed by atoms with Crippen LogP contribution < -0.4 is 15.0 Å². The summed E-state index contributed by atoms with van der Waals surface area (Å²) in [4.78, 5) is 10.2. The number of rotatable bonds is 5. The van der Waals surface area contributed by atoms with E-state index in [2.05, 4.69) is 39.2 Å². The summed E-state index contributed by atoms with van der Waals surface area (Å²) >= 11 is 5.71. The van der Waals surface area contributed by atoms with E-state index >= 15 is 0 Å². The third kappa shape index (κ3) is 3.40. The largest absolute Gasteiger partial charge is 0.494 e. The Hall–Kier alpha value is -2.86. The van der Waals surface area contributed by atoms with E-state index < -0.39 is 0 Å². The molecule has 1 saturated heterocycles. The van der Waals surface area contributed by atoms with Crippen molar-refractivity contribution in [2.24, 2.45) is 0 Å². The molecule has 4 rings (SSSR count). The van der Waals surface area contributed by atoms with E-state index in [4.69, 9.17) is 17.0 Å². The van der Waals surface area contributed by atoms with Gasteiger partial charge in [-0.1, -0.05) is 6.07 Å². The van der Waals surface area contributed by atoms with Crippen LogP contribution in [0.2, 0.25) is 0 Å². The SMILES string of the molecule is CCOc1ccc(N2C(=S)N[C@H](c3ccccn3)[C@H]2c2ccc(C)[nH]2)cc1. The highest BCUT2D eigenvalue weighted by Gasteiger charge is 2.41. The van der Waals surface area contributed by atoms with Gasteiger partial charge in [-0.15, -0.1) is 0 Å². The van der Waals surface area contributed by atoms with E-state index in [0.29, 0.717) is 11.7 Å². The van der Waals surface area contributed by atoms with Crippen LogP contribution >= 0.6 is 12.2 Å². The number of H-pyrrole nitrogens is 1. The van der Waals surface area contributed by atoms with Crippen LogP contribution in [-0.4, -0.2) is 21.7 Å². The first-order chi connectivity index (χ1) is 13.2. The van der Waals surface area contributed by atoms with Crippen LogP contribution in [-0.2, 0) is 0 Å². The van der Waals surface area contributed by atoms with E-state index in [1.54, 1.807) is 0 Å². The average Bonchev–Trinajstić information content (AvgIpc) is 3.26. The minimum Gasteiger partial charge on any atom is -0.494 e. The molecule has 5 nitrogen and oxygen atoms in total. The number of benzene rings is 1. The Bertz CT molecular complexity index is 923. The van der Waals surface area contributed by atoms with Crippen LogP contribution in [0.25, 0.3) is 0 Å². The Balaban J connectivity index is 1.75. The molecule has 0 radical (unpaired) electrons. The minimum atomic E-state index is -0.0386. The van der Waals surface area contributed by atoms with Crippen molar-refractivity contribution in [2.45, 2.75) is 25.9 Å². The van der Waals surface area contributed by atoms with Crippen molar-refractivity contribution in [1.82, 2.24) is 15.3 Å². The maximum atomic E-state index is 5.71. The van der Waals surface area contributed by atoms with Crippen LogP contribution in [0.4, 0.5) is 5.69 Å². The highest BCUT2D eigenvalue weighted by Crippen LogP contribution is 2.41. The van der Waals surface area contributed by atoms with E-state index in [-0.39, 0.29) is 12.1 Å². The summed E-state index contributed by atoms with van der Waals surface area (Å²) in [5.41, 5.74) is 4.20. The third-order valence-corrected chi connectivity index (χ3v) is 5.01. The zero-order valence-electron chi connectivity index (χ0n) is 15.3. The Morgan fingerprint density at radius 1 is 1.11 bits per heavy atom. The number of pyridine rings is 1. The lowest BCUT2D eigenvalue weighted by Gasteiger charge is -2.27. The van der Waals surface area contributed by atoms with Crippen molar-refractivity contribution in [1.29, 1.82) is 0 Å². The monoisotopic (exact) mass is 378 g/mol. The molecule has 0 saturated carbocycles. The molecule has 2 atom stereocenters. The molecule has 0 amide bonds. The van der Waals surface area contributed by atoms with Gasteiger partial charge in [-0.25, -0.2) is 0 Å². The maximum Gasteiger partial charge on any atom is 0.174 e. The topological polar surface area (TPSA) is 53.2 Å². The molecule has 6 heteroatoms. The standard InChI is InChI=1S/C21H22N4OS/c1-3-26-16-10-8-15(9-11-16)25-20(18-12-7-14(2)23-18)19(24-21(25)27)17-6-4-5-13-22-17/h4-13,19-20,23H,3H2,1-2H3,(H,24,27)/t19-,20-/m1/s1. The average molecular weight is 379 g/mol. The van der Waals surface area contributed by atoms with Gasteiger partial charge < -0.3 is 19.9 Å². The summed E-state index contributed by atoms with van der Waals surface area (Å²) < 4.78 is 5.57. The number of ether oxygens (including phenoxy) is 1. The molecule has 2 N–H and O–H groups in total. The Labute approximate surface area is 164 Å². The predicted molar refractivity (Wildman–Crippen MR) is 111 cm³/mol. The fourth-order valence-electron chi connectivity index (χ4n) is 3.52. The Morgan fingerprint density at radius 2 is 1.93 bits per heavy atom. The fraction of sp³-hybridized carbons (Fsp3) is 0.238. The van der Waals surface area contributed by atoms with Crippen molar-refractivity contribution in [3.05, 3.63) is 77.9 Å². The zero-order valence-corrected chi connectivity index (χ0v) is 16.2. The predicted octanol–water partition coefficient (Wildman–Crippen LogP) is 4.29. The second-order valence-corrected chi connectivity index (χ2v) is 6.91. The van der Waals surface area contributed by atoms with Crippen LogP contribution in [0.3, 0.4) is 0 Å². The van der Waals surface area contributed by atoms with Gasteiger partial charge in [0.2, 0.25) is 0 Å².